The minimum Gasteiger partial charge on any atom is -0.494 e. The standard InChI is InChI=1S/C21H24N2O3/c1-3-26-20-10-8-19(9-11-20)23(16(2)24)15-21(25)22-13-12-17-6-4-5-7-18(17)14-22/h4-11H,3,12-15H2,1-2H3. The van der Waals surface area contributed by atoms with E-state index in [0.29, 0.717) is 25.4 Å². The fourth-order valence-electron chi connectivity index (χ4n) is 3.22. The third-order valence-corrected chi connectivity index (χ3v) is 4.62. The molecule has 26 heavy (non-hydrogen) atoms. The van der Waals surface area contributed by atoms with Gasteiger partial charge in [-0.25, -0.2) is 0 Å². The van der Waals surface area contributed by atoms with E-state index in [4.69, 9.17) is 4.74 Å². The van der Waals surface area contributed by atoms with Crippen molar-refractivity contribution in [3.05, 3.63) is 59.7 Å². The maximum absolute atomic E-state index is 12.8. The number of hydrogen-bond donors (Lipinski definition) is 0. The van der Waals surface area contributed by atoms with Gasteiger partial charge in [-0.2, -0.15) is 0 Å². The molecule has 3 rings (SSSR count). The Kier molecular flexibility index (Phi) is 5.56. The van der Waals surface area contributed by atoms with Crippen LogP contribution in [0.5, 0.6) is 5.75 Å². The molecule has 5 nitrogen and oxygen atoms in total. The minimum absolute atomic E-state index is 0.0383. The highest BCUT2D eigenvalue weighted by molar-refractivity contribution is 5.97. The molecule has 2 aromatic rings. The van der Waals surface area contributed by atoms with Crippen LogP contribution in [0.25, 0.3) is 0 Å². The number of benzene rings is 2. The molecule has 0 N–H and O–H groups in total. The van der Waals surface area contributed by atoms with Crippen molar-refractivity contribution in [1.82, 2.24) is 4.90 Å². The smallest absolute Gasteiger partial charge is 0.242 e. The maximum Gasteiger partial charge on any atom is 0.242 e. The summed E-state index contributed by atoms with van der Waals surface area (Å²) in [7, 11) is 0. The zero-order valence-electron chi connectivity index (χ0n) is 15.3. The van der Waals surface area contributed by atoms with Gasteiger partial charge >= 0.3 is 0 Å². The van der Waals surface area contributed by atoms with Gasteiger partial charge in [-0.15, -0.1) is 0 Å². The molecule has 1 heterocycles. The number of rotatable bonds is 5. The van der Waals surface area contributed by atoms with Crippen LogP contribution in [0.3, 0.4) is 0 Å². The van der Waals surface area contributed by atoms with Crippen LogP contribution in [-0.2, 0) is 22.6 Å². The molecule has 0 unspecified atom stereocenters. The van der Waals surface area contributed by atoms with Crippen LogP contribution < -0.4 is 9.64 Å². The number of anilines is 1. The van der Waals surface area contributed by atoms with Gasteiger partial charge < -0.3 is 14.5 Å². The highest BCUT2D eigenvalue weighted by Crippen LogP contribution is 2.22. The van der Waals surface area contributed by atoms with Gasteiger partial charge in [-0.3, -0.25) is 9.59 Å². The summed E-state index contributed by atoms with van der Waals surface area (Å²) in [6, 6.07) is 15.4. The van der Waals surface area contributed by atoms with Gasteiger partial charge in [0.25, 0.3) is 0 Å². The molecule has 136 valence electrons. The van der Waals surface area contributed by atoms with E-state index in [1.54, 1.807) is 0 Å². The Morgan fingerprint density at radius 3 is 2.42 bits per heavy atom. The summed E-state index contributed by atoms with van der Waals surface area (Å²) in [6.45, 7) is 5.32. The lowest BCUT2D eigenvalue weighted by Gasteiger charge is -2.31. The molecule has 0 radical (unpaired) electrons. The third kappa shape index (κ3) is 4.04. The lowest BCUT2D eigenvalue weighted by atomic mass is 10.00. The first-order valence-corrected chi connectivity index (χ1v) is 8.94. The highest BCUT2D eigenvalue weighted by atomic mass is 16.5. The Morgan fingerprint density at radius 1 is 1.08 bits per heavy atom. The Bertz CT molecular complexity index is 786. The predicted molar refractivity (Wildman–Crippen MR) is 101 cm³/mol. The van der Waals surface area contributed by atoms with Crippen LogP contribution in [0.15, 0.2) is 48.5 Å². The van der Waals surface area contributed by atoms with E-state index in [2.05, 4.69) is 12.1 Å². The lowest BCUT2D eigenvalue weighted by Crippen LogP contribution is -2.44. The number of nitrogens with zero attached hydrogens (tertiary/aromatic N) is 2. The Labute approximate surface area is 154 Å². The maximum atomic E-state index is 12.8. The third-order valence-electron chi connectivity index (χ3n) is 4.62. The van der Waals surface area contributed by atoms with Crippen molar-refractivity contribution >= 4 is 17.5 Å². The number of amides is 2. The SMILES string of the molecule is CCOc1ccc(N(CC(=O)N2CCc3ccccc3C2)C(C)=O)cc1. The molecule has 0 aromatic heterocycles. The van der Waals surface area contributed by atoms with Crippen molar-refractivity contribution in [2.45, 2.75) is 26.8 Å². The molecule has 1 aliphatic heterocycles. The molecule has 5 heteroatoms. The summed E-state index contributed by atoms with van der Waals surface area (Å²) >= 11 is 0. The van der Waals surface area contributed by atoms with Crippen molar-refractivity contribution in [2.75, 3.05) is 24.6 Å². The van der Waals surface area contributed by atoms with E-state index in [9.17, 15) is 9.59 Å². The summed E-state index contributed by atoms with van der Waals surface area (Å²) in [4.78, 5) is 28.2. The Morgan fingerprint density at radius 2 is 1.77 bits per heavy atom. The largest absolute Gasteiger partial charge is 0.494 e. The summed E-state index contributed by atoms with van der Waals surface area (Å²) < 4.78 is 5.43. The molecule has 0 saturated carbocycles. The molecule has 0 atom stereocenters. The zero-order chi connectivity index (χ0) is 18.5. The monoisotopic (exact) mass is 352 g/mol. The first-order chi connectivity index (χ1) is 12.6. The molecule has 0 spiro atoms. The van der Waals surface area contributed by atoms with Crippen LogP contribution in [0, 0.1) is 0 Å². The molecular weight excluding hydrogens is 328 g/mol. The molecule has 2 aromatic carbocycles. The summed E-state index contributed by atoms with van der Waals surface area (Å²) in [5.41, 5.74) is 3.18. The van der Waals surface area contributed by atoms with Gasteiger partial charge in [0, 0.05) is 25.7 Å². The van der Waals surface area contributed by atoms with Gasteiger partial charge in [0.1, 0.15) is 12.3 Å². The quantitative estimate of drug-likeness (QED) is 0.831. The van der Waals surface area contributed by atoms with Crippen molar-refractivity contribution in [2.24, 2.45) is 0 Å². The van der Waals surface area contributed by atoms with E-state index < -0.39 is 0 Å². The number of carbonyl (C=O) groups is 2. The molecular formula is C21H24N2O3. The first-order valence-electron chi connectivity index (χ1n) is 8.94. The van der Waals surface area contributed by atoms with E-state index >= 15 is 0 Å². The summed E-state index contributed by atoms with van der Waals surface area (Å²) in [5.74, 6) is 0.558. The van der Waals surface area contributed by atoms with Crippen LogP contribution >= 0.6 is 0 Å². The van der Waals surface area contributed by atoms with Crippen molar-refractivity contribution in [3.63, 3.8) is 0 Å². The molecule has 2 amide bonds. The molecule has 0 saturated heterocycles. The normalized spacial score (nSPS) is 13.1. The molecule has 0 aliphatic carbocycles. The fraction of sp³-hybridized carbons (Fsp3) is 0.333. The van der Waals surface area contributed by atoms with Crippen molar-refractivity contribution in [3.8, 4) is 5.75 Å². The van der Waals surface area contributed by atoms with Crippen molar-refractivity contribution in [1.29, 1.82) is 0 Å². The first kappa shape index (κ1) is 18.0. The minimum atomic E-state index is -0.153. The van der Waals surface area contributed by atoms with Crippen molar-refractivity contribution < 1.29 is 14.3 Å². The van der Waals surface area contributed by atoms with Gasteiger partial charge in [0.05, 0.1) is 6.61 Å². The van der Waals surface area contributed by atoms with Crippen LogP contribution in [0.1, 0.15) is 25.0 Å². The second-order valence-corrected chi connectivity index (χ2v) is 6.37. The average Bonchev–Trinajstić information content (AvgIpc) is 2.66. The predicted octanol–water partition coefficient (Wildman–Crippen LogP) is 3.02. The number of carbonyl (C=O) groups excluding carboxylic acids is 2. The fourth-order valence-corrected chi connectivity index (χ4v) is 3.22. The van der Waals surface area contributed by atoms with Gasteiger partial charge in [-0.1, -0.05) is 24.3 Å². The van der Waals surface area contributed by atoms with Gasteiger partial charge in [0.2, 0.25) is 11.8 Å². The summed E-state index contributed by atoms with van der Waals surface area (Å²) in [6.07, 6.45) is 0.852. The molecule has 1 aliphatic rings. The second kappa shape index (κ2) is 8.04. The van der Waals surface area contributed by atoms with E-state index in [1.807, 2.05) is 48.2 Å². The number of hydrogen-bond acceptors (Lipinski definition) is 3. The Balaban J connectivity index is 1.70. The van der Waals surface area contributed by atoms with E-state index in [-0.39, 0.29) is 18.4 Å². The molecule has 0 fully saturated rings. The van der Waals surface area contributed by atoms with Crippen LogP contribution in [0.4, 0.5) is 5.69 Å². The molecule has 0 bridgehead atoms. The van der Waals surface area contributed by atoms with Gasteiger partial charge in [0.15, 0.2) is 0 Å². The van der Waals surface area contributed by atoms with Crippen LogP contribution in [0.2, 0.25) is 0 Å². The summed E-state index contributed by atoms with van der Waals surface area (Å²) in [5, 5.41) is 0. The number of fused-ring (bicyclic) bond motifs is 1. The second-order valence-electron chi connectivity index (χ2n) is 6.37. The lowest BCUT2D eigenvalue weighted by molar-refractivity contribution is -0.132. The van der Waals surface area contributed by atoms with Crippen LogP contribution in [-0.4, -0.2) is 36.4 Å². The average molecular weight is 352 g/mol. The Hall–Kier alpha value is -2.82. The van der Waals surface area contributed by atoms with Gasteiger partial charge in [-0.05, 0) is 48.7 Å². The zero-order valence-corrected chi connectivity index (χ0v) is 15.3. The van der Waals surface area contributed by atoms with E-state index in [1.165, 1.54) is 23.0 Å². The topological polar surface area (TPSA) is 49.9 Å². The van der Waals surface area contributed by atoms with E-state index in [0.717, 1.165) is 12.2 Å². The highest BCUT2D eigenvalue weighted by Gasteiger charge is 2.24. The number of ether oxygens (including phenoxy) is 1.